The van der Waals surface area contributed by atoms with Gasteiger partial charge in [0.1, 0.15) is 47.0 Å². The first-order valence-electron chi connectivity index (χ1n) is 16.5. The van der Waals surface area contributed by atoms with Crippen LogP contribution in [0.2, 0.25) is 0 Å². The molecule has 18 nitrogen and oxygen atoms in total. The Morgan fingerprint density at radius 3 is 1.42 bits per heavy atom. The summed E-state index contributed by atoms with van der Waals surface area (Å²) in [5.74, 6) is -5.45. The van der Waals surface area contributed by atoms with E-state index in [1.54, 1.807) is 24.5 Å². The first-order chi connectivity index (χ1) is 24.8. The van der Waals surface area contributed by atoms with Gasteiger partial charge in [0, 0.05) is 39.7 Å². The average molecular weight is 723 g/mol. The van der Waals surface area contributed by atoms with Gasteiger partial charge in [0.25, 0.3) is 22.9 Å². The van der Waals surface area contributed by atoms with Crippen molar-refractivity contribution in [1.29, 1.82) is 0 Å². The molecule has 0 spiro atoms. The number of carbonyl (C=O) groups excluding carboxylic acids is 2. The second-order valence-corrected chi connectivity index (χ2v) is 12.3. The van der Waals surface area contributed by atoms with Crippen LogP contribution in [0.3, 0.4) is 0 Å². The van der Waals surface area contributed by atoms with E-state index in [4.69, 9.17) is 19.7 Å². The van der Waals surface area contributed by atoms with Gasteiger partial charge >= 0.3 is 11.9 Å². The molecule has 52 heavy (non-hydrogen) atoms. The highest BCUT2D eigenvalue weighted by Crippen LogP contribution is 2.33. The van der Waals surface area contributed by atoms with Crippen molar-refractivity contribution in [1.82, 2.24) is 29.7 Å². The second-order valence-electron chi connectivity index (χ2n) is 12.3. The van der Waals surface area contributed by atoms with Gasteiger partial charge < -0.3 is 40.5 Å². The number of nitrogens with zero attached hydrogens (tertiary/aromatic N) is 4. The normalized spacial score (nSPS) is 17.2. The Morgan fingerprint density at radius 1 is 0.712 bits per heavy atom. The number of fused-ring (bicyclic) bond motifs is 2. The predicted octanol–water partition coefficient (Wildman–Crippen LogP) is 1.39. The zero-order chi connectivity index (χ0) is 37.7. The smallest absolute Gasteiger partial charge is 0.322 e. The largest absolute Gasteiger partial charge is 0.506 e. The number of aliphatic carboxylic acids is 2. The molecule has 0 saturated carbocycles. The third-order valence-corrected chi connectivity index (χ3v) is 8.79. The van der Waals surface area contributed by atoms with Crippen molar-refractivity contribution in [2.24, 2.45) is 14.1 Å². The molecule has 18 heteroatoms. The minimum absolute atomic E-state index is 0.151. The van der Waals surface area contributed by atoms with Crippen LogP contribution in [0.5, 0.6) is 11.5 Å². The minimum Gasteiger partial charge on any atom is -0.506 e. The molecule has 0 aliphatic carbocycles. The van der Waals surface area contributed by atoms with Crippen LogP contribution in [0.15, 0.2) is 34.1 Å². The van der Waals surface area contributed by atoms with Crippen LogP contribution in [0, 0.1) is 0 Å². The number of carboxylic acid groups (broad SMARTS) is 2. The van der Waals surface area contributed by atoms with Gasteiger partial charge in [0.05, 0.1) is 23.0 Å². The van der Waals surface area contributed by atoms with Crippen LogP contribution < -0.4 is 21.8 Å². The molecule has 6 rings (SSSR count). The molecule has 2 saturated heterocycles. The molecule has 0 bridgehead atoms. The van der Waals surface area contributed by atoms with Crippen molar-refractivity contribution in [3.05, 3.63) is 67.5 Å². The van der Waals surface area contributed by atoms with E-state index in [0.29, 0.717) is 13.2 Å². The summed E-state index contributed by atoms with van der Waals surface area (Å²) >= 11 is 0. The fourth-order valence-electron chi connectivity index (χ4n) is 6.09. The standard InChI is InChI=1S/2C17H19N3O6/c2*1-20-15-10(6-9(7-18-15)11-4-2-3-5-26-11)14(23)13(17(20)25)16(24)19-8-12(21)22/h2*6-7,11,23H,2-5,8H2,1H3,(H,19,24)(H,21,22)/t2*11-/m10/s1. The Bertz CT molecular complexity index is 2010. The lowest BCUT2D eigenvalue weighted by Gasteiger charge is -2.23. The lowest BCUT2D eigenvalue weighted by Crippen LogP contribution is -2.35. The van der Waals surface area contributed by atoms with Gasteiger partial charge in [0.15, 0.2) is 0 Å². The molecule has 2 aliphatic heterocycles. The van der Waals surface area contributed by atoms with E-state index < -0.39 is 70.6 Å². The Kier molecular flexibility index (Phi) is 11.5. The molecular weight excluding hydrogens is 684 g/mol. The summed E-state index contributed by atoms with van der Waals surface area (Å²) < 4.78 is 13.7. The molecule has 4 aromatic rings. The van der Waals surface area contributed by atoms with E-state index in [2.05, 4.69) is 20.6 Å². The molecule has 6 N–H and O–H groups in total. The fraction of sp³-hybridized carbons (Fsp3) is 0.412. The van der Waals surface area contributed by atoms with Crippen LogP contribution in [0.1, 0.15) is 82.6 Å². The lowest BCUT2D eigenvalue weighted by molar-refractivity contribution is -0.136. The molecular formula is C34H38N6O12. The molecule has 0 radical (unpaired) electrons. The maximum atomic E-state index is 12.4. The monoisotopic (exact) mass is 722 g/mol. The number of ether oxygens (including phenoxy) is 2. The topological polar surface area (TPSA) is 261 Å². The van der Waals surface area contributed by atoms with Gasteiger partial charge in [-0.25, -0.2) is 9.97 Å². The Hall–Kier alpha value is -5.88. The third kappa shape index (κ3) is 7.87. The number of rotatable bonds is 8. The molecule has 2 aliphatic rings. The maximum Gasteiger partial charge on any atom is 0.322 e. The van der Waals surface area contributed by atoms with Crippen molar-refractivity contribution in [3.8, 4) is 11.5 Å². The first-order valence-corrected chi connectivity index (χ1v) is 16.5. The van der Waals surface area contributed by atoms with Crippen LogP contribution >= 0.6 is 0 Å². The van der Waals surface area contributed by atoms with Gasteiger partial charge in [-0.15, -0.1) is 0 Å². The minimum atomic E-state index is -1.26. The quantitative estimate of drug-likeness (QED) is 0.150. The average Bonchev–Trinajstić information content (AvgIpc) is 3.15. The predicted molar refractivity (Wildman–Crippen MR) is 182 cm³/mol. The van der Waals surface area contributed by atoms with Gasteiger partial charge in [0.2, 0.25) is 0 Å². The van der Waals surface area contributed by atoms with Crippen molar-refractivity contribution >= 4 is 45.8 Å². The van der Waals surface area contributed by atoms with Crippen LogP contribution in [-0.2, 0) is 33.2 Å². The number of hydrogen-bond donors (Lipinski definition) is 6. The second kappa shape index (κ2) is 16.0. The fourth-order valence-corrected chi connectivity index (χ4v) is 6.09. The number of pyridine rings is 4. The Labute approximate surface area is 294 Å². The van der Waals surface area contributed by atoms with E-state index in [1.807, 2.05) is 0 Å². The van der Waals surface area contributed by atoms with Crippen molar-refractivity contribution in [2.45, 2.75) is 50.7 Å². The van der Waals surface area contributed by atoms with Crippen LogP contribution in [0.25, 0.3) is 22.1 Å². The van der Waals surface area contributed by atoms with Gasteiger partial charge in [-0.2, -0.15) is 0 Å². The highest BCUT2D eigenvalue weighted by molar-refractivity contribution is 6.03. The van der Waals surface area contributed by atoms with E-state index in [9.17, 15) is 39.0 Å². The van der Waals surface area contributed by atoms with Gasteiger partial charge in [-0.05, 0) is 61.8 Å². The number of nitrogens with one attached hydrogen (secondary N) is 2. The first kappa shape index (κ1) is 37.4. The van der Waals surface area contributed by atoms with Gasteiger partial charge in [-0.1, -0.05) is 0 Å². The number of amides is 2. The zero-order valence-corrected chi connectivity index (χ0v) is 28.4. The molecule has 2 amide bonds. The van der Waals surface area contributed by atoms with Crippen LogP contribution in [0.4, 0.5) is 0 Å². The number of aromatic hydroxyl groups is 2. The summed E-state index contributed by atoms with van der Waals surface area (Å²) in [6.45, 7) is -0.0308. The SMILES string of the molecule is Cn1c(=O)c(C(=O)NCC(=O)O)c(O)c2cc([C@@H]3CCCCO3)cnc21.Cn1c(=O)c(C(=O)NCC(=O)O)c(O)c2cc([C@H]3CCCCO3)cnc21. The van der Waals surface area contributed by atoms with E-state index in [-0.39, 0.29) is 34.3 Å². The summed E-state index contributed by atoms with van der Waals surface area (Å²) in [4.78, 5) is 78.9. The molecule has 6 heterocycles. The molecule has 2 atom stereocenters. The Balaban J connectivity index is 0.000000201. The summed E-state index contributed by atoms with van der Waals surface area (Å²) in [5, 5.41) is 43.0. The zero-order valence-electron chi connectivity index (χ0n) is 28.4. The highest BCUT2D eigenvalue weighted by atomic mass is 16.5. The summed E-state index contributed by atoms with van der Waals surface area (Å²) in [7, 11) is 2.86. The van der Waals surface area contributed by atoms with Crippen molar-refractivity contribution < 1.29 is 49.1 Å². The molecule has 0 unspecified atom stereocenters. The molecule has 4 aromatic heterocycles. The summed E-state index contributed by atoms with van der Waals surface area (Å²) in [5.41, 5.74) is -0.580. The van der Waals surface area contributed by atoms with E-state index in [0.717, 1.165) is 58.8 Å². The summed E-state index contributed by atoms with van der Waals surface area (Å²) in [6, 6.07) is 3.31. The molecule has 0 aromatic carbocycles. The maximum absolute atomic E-state index is 12.4. The number of aryl methyl sites for hydroxylation is 2. The Morgan fingerprint density at radius 2 is 1.10 bits per heavy atom. The number of aromatic nitrogens is 4. The van der Waals surface area contributed by atoms with E-state index >= 15 is 0 Å². The lowest BCUT2D eigenvalue weighted by atomic mass is 10.0. The number of hydrogen-bond acceptors (Lipinski definition) is 12. The number of carboxylic acids is 2. The molecule has 2 fully saturated rings. The highest BCUT2D eigenvalue weighted by Gasteiger charge is 2.26. The van der Waals surface area contributed by atoms with Gasteiger partial charge in [-0.3, -0.25) is 37.9 Å². The molecule has 276 valence electrons. The summed E-state index contributed by atoms with van der Waals surface area (Å²) in [6.07, 6.45) is 8.56. The van der Waals surface area contributed by atoms with Crippen LogP contribution in [-0.4, -0.2) is 89.6 Å². The van der Waals surface area contributed by atoms with Crippen molar-refractivity contribution in [3.63, 3.8) is 0 Å². The van der Waals surface area contributed by atoms with Crippen molar-refractivity contribution in [2.75, 3.05) is 26.3 Å². The third-order valence-electron chi connectivity index (χ3n) is 8.79. The number of carbonyl (C=O) groups is 4. The van der Waals surface area contributed by atoms with E-state index in [1.165, 1.54) is 14.1 Å².